The lowest BCUT2D eigenvalue weighted by Gasteiger charge is -2.41. The SMILES string of the molecule is O=C1[C@H](CN2CCN(Cc3cc4cccc5c4n(c3=O)CCC5)CC2)Cc2cccc3c2N1CCC3. The Hall–Kier alpha value is -2.96. The van der Waals surface area contributed by atoms with E-state index in [-0.39, 0.29) is 11.5 Å². The van der Waals surface area contributed by atoms with Crippen LogP contribution >= 0.6 is 0 Å². The molecule has 0 aliphatic carbocycles. The molecule has 4 aliphatic heterocycles. The molecule has 0 radical (unpaired) electrons. The summed E-state index contributed by atoms with van der Waals surface area (Å²) >= 11 is 0. The van der Waals surface area contributed by atoms with E-state index in [9.17, 15) is 9.59 Å². The minimum atomic E-state index is 0.0461. The maximum absolute atomic E-state index is 13.4. The van der Waals surface area contributed by atoms with Crippen LogP contribution in [0.1, 0.15) is 35.1 Å². The number of amides is 1. The maximum Gasteiger partial charge on any atom is 0.255 e. The number of hydrogen-bond donors (Lipinski definition) is 0. The zero-order valence-corrected chi connectivity index (χ0v) is 20.9. The summed E-state index contributed by atoms with van der Waals surface area (Å²) in [6.45, 7) is 6.98. The second-order valence-electron chi connectivity index (χ2n) is 11.1. The van der Waals surface area contributed by atoms with E-state index in [1.165, 1.54) is 27.8 Å². The predicted molar refractivity (Wildman–Crippen MR) is 143 cm³/mol. The first-order valence-electron chi connectivity index (χ1n) is 13.7. The average molecular weight is 483 g/mol. The summed E-state index contributed by atoms with van der Waals surface area (Å²) < 4.78 is 2.01. The molecular formula is C30H34N4O2. The molecule has 1 amide bonds. The number of carbonyl (C=O) groups is 1. The fraction of sp³-hybridized carbons (Fsp3) is 0.467. The van der Waals surface area contributed by atoms with Crippen LogP contribution in [0.15, 0.2) is 47.3 Å². The van der Waals surface area contributed by atoms with Crippen LogP contribution in [0.25, 0.3) is 10.9 Å². The van der Waals surface area contributed by atoms with Gasteiger partial charge in [0.05, 0.1) is 17.1 Å². The van der Waals surface area contributed by atoms with Gasteiger partial charge in [-0.05, 0) is 60.2 Å². The van der Waals surface area contributed by atoms with Crippen molar-refractivity contribution in [2.24, 2.45) is 5.92 Å². The number of benzene rings is 2. The highest BCUT2D eigenvalue weighted by Crippen LogP contribution is 2.37. The summed E-state index contributed by atoms with van der Waals surface area (Å²) in [5, 5.41) is 1.19. The number of piperazine rings is 1. The van der Waals surface area contributed by atoms with Gasteiger partial charge < -0.3 is 9.47 Å². The van der Waals surface area contributed by atoms with Gasteiger partial charge in [-0.25, -0.2) is 0 Å². The van der Waals surface area contributed by atoms with Crippen molar-refractivity contribution in [3.8, 4) is 0 Å². The second-order valence-corrected chi connectivity index (χ2v) is 11.1. The number of anilines is 1. The molecule has 3 aromatic rings. The Kier molecular flexibility index (Phi) is 5.47. The standard InChI is InChI=1S/C30H34N4O2/c35-29-25(17-23-7-1-5-21-9-3-11-33(29)27(21)23)19-31-13-15-32(16-14-31)20-26-18-24-8-2-6-22-10-4-12-34(28(22)24)30(26)36/h1-2,5-8,17,26H,3-4,9-16,18-20H2/t26-/m0/s1. The molecule has 0 N–H and O–H groups in total. The van der Waals surface area contributed by atoms with Crippen LogP contribution in [0.3, 0.4) is 0 Å². The van der Waals surface area contributed by atoms with E-state index in [0.29, 0.717) is 12.5 Å². The largest absolute Gasteiger partial charge is 0.312 e. The lowest BCUT2D eigenvalue weighted by atomic mass is 9.86. The molecular weight excluding hydrogens is 448 g/mol. The zero-order valence-electron chi connectivity index (χ0n) is 20.9. The van der Waals surface area contributed by atoms with Gasteiger partial charge >= 0.3 is 0 Å². The lowest BCUT2D eigenvalue weighted by Crippen LogP contribution is -2.52. The van der Waals surface area contributed by atoms with Gasteiger partial charge in [-0.1, -0.05) is 36.4 Å². The van der Waals surface area contributed by atoms with E-state index >= 15 is 0 Å². The smallest absolute Gasteiger partial charge is 0.255 e. The van der Waals surface area contributed by atoms with E-state index in [4.69, 9.17) is 0 Å². The van der Waals surface area contributed by atoms with Crippen LogP contribution in [0, 0.1) is 5.92 Å². The highest BCUT2D eigenvalue weighted by Gasteiger charge is 2.36. The molecule has 0 unspecified atom stereocenters. The zero-order chi connectivity index (χ0) is 24.2. The number of pyridine rings is 1. The Morgan fingerprint density at radius 1 is 0.778 bits per heavy atom. The molecule has 5 heterocycles. The first-order chi connectivity index (χ1) is 17.7. The molecule has 4 aliphatic rings. The number of carbonyl (C=O) groups excluding carboxylic acids is 1. The van der Waals surface area contributed by atoms with E-state index in [2.05, 4.69) is 57.2 Å². The van der Waals surface area contributed by atoms with Crippen molar-refractivity contribution < 1.29 is 4.79 Å². The number of rotatable bonds is 4. The Balaban J connectivity index is 1.03. The number of para-hydroxylation sites is 2. The molecule has 2 aromatic carbocycles. The first-order valence-corrected chi connectivity index (χ1v) is 13.7. The monoisotopic (exact) mass is 482 g/mol. The van der Waals surface area contributed by atoms with Crippen LogP contribution in [-0.4, -0.2) is 59.5 Å². The van der Waals surface area contributed by atoms with Gasteiger partial charge in [-0.2, -0.15) is 0 Å². The summed E-state index contributed by atoms with van der Waals surface area (Å²) in [7, 11) is 0. The number of aryl methyl sites for hydroxylation is 3. The number of nitrogens with zero attached hydrogens (tertiary/aromatic N) is 4. The first kappa shape index (κ1) is 22.3. The minimum Gasteiger partial charge on any atom is -0.312 e. The van der Waals surface area contributed by atoms with Gasteiger partial charge in [0, 0.05) is 57.9 Å². The third-order valence-electron chi connectivity index (χ3n) is 8.82. The van der Waals surface area contributed by atoms with Crippen LogP contribution in [-0.2, 0) is 37.1 Å². The summed E-state index contributed by atoms with van der Waals surface area (Å²) in [4.78, 5) is 33.6. The van der Waals surface area contributed by atoms with Crippen molar-refractivity contribution in [1.82, 2.24) is 14.4 Å². The fourth-order valence-electron chi connectivity index (χ4n) is 7.05. The Morgan fingerprint density at radius 3 is 2.39 bits per heavy atom. The number of hydrogen-bond acceptors (Lipinski definition) is 4. The third-order valence-corrected chi connectivity index (χ3v) is 8.82. The van der Waals surface area contributed by atoms with Crippen molar-refractivity contribution in [3.05, 3.63) is 75.1 Å². The van der Waals surface area contributed by atoms with Gasteiger partial charge in [0.1, 0.15) is 0 Å². The Bertz CT molecular complexity index is 1400. The summed E-state index contributed by atoms with van der Waals surface area (Å²) in [5.41, 5.74) is 7.44. The molecule has 0 bridgehead atoms. The Morgan fingerprint density at radius 2 is 1.50 bits per heavy atom. The molecule has 1 fully saturated rings. The van der Waals surface area contributed by atoms with Crippen molar-refractivity contribution in [2.45, 2.75) is 45.2 Å². The van der Waals surface area contributed by atoms with Crippen LogP contribution < -0.4 is 10.5 Å². The van der Waals surface area contributed by atoms with E-state index in [1.807, 2.05) is 4.57 Å². The maximum atomic E-state index is 13.4. The van der Waals surface area contributed by atoms with Crippen molar-refractivity contribution in [3.63, 3.8) is 0 Å². The van der Waals surface area contributed by atoms with Crippen molar-refractivity contribution in [1.29, 1.82) is 0 Å². The van der Waals surface area contributed by atoms with E-state index in [1.54, 1.807) is 0 Å². The van der Waals surface area contributed by atoms with Crippen molar-refractivity contribution in [2.75, 3.05) is 44.2 Å². The summed E-state index contributed by atoms with van der Waals surface area (Å²) in [6, 6.07) is 15.1. The fourth-order valence-corrected chi connectivity index (χ4v) is 7.05. The van der Waals surface area contributed by atoms with Crippen LogP contribution in [0.2, 0.25) is 0 Å². The highest BCUT2D eigenvalue weighted by molar-refractivity contribution is 5.99. The molecule has 36 heavy (non-hydrogen) atoms. The topological polar surface area (TPSA) is 48.8 Å². The molecule has 7 rings (SSSR count). The van der Waals surface area contributed by atoms with Gasteiger partial charge in [0.15, 0.2) is 0 Å². The Labute approximate surface area is 212 Å². The molecule has 6 nitrogen and oxygen atoms in total. The molecule has 186 valence electrons. The van der Waals surface area contributed by atoms with Gasteiger partial charge in [-0.15, -0.1) is 0 Å². The van der Waals surface area contributed by atoms with Gasteiger partial charge in [0.25, 0.3) is 5.56 Å². The molecule has 1 saturated heterocycles. The third kappa shape index (κ3) is 3.70. The average Bonchev–Trinajstić information content (AvgIpc) is 2.91. The molecule has 0 saturated carbocycles. The van der Waals surface area contributed by atoms with Crippen LogP contribution in [0.5, 0.6) is 0 Å². The molecule has 6 heteroatoms. The normalized spacial score (nSPS) is 22.2. The summed E-state index contributed by atoms with van der Waals surface area (Å²) in [5.74, 6) is 0.361. The second kappa shape index (κ2) is 8.86. The van der Waals surface area contributed by atoms with E-state index in [0.717, 1.165) is 89.0 Å². The quantitative estimate of drug-likeness (QED) is 0.573. The lowest BCUT2D eigenvalue weighted by molar-refractivity contribution is -0.123. The van der Waals surface area contributed by atoms with Crippen molar-refractivity contribution >= 4 is 22.5 Å². The van der Waals surface area contributed by atoms with Gasteiger partial charge in [-0.3, -0.25) is 19.4 Å². The van der Waals surface area contributed by atoms with E-state index < -0.39 is 0 Å². The molecule has 1 atom stereocenters. The number of aromatic nitrogens is 1. The molecule has 1 aromatic heterocycles. The molecule has 0 spiro atoms. The summed E-state index contributed by atoms with van der Waals surface area (Å²) in [6.07, 6.45) is 5.11. The van der Waals surface area contributed by atoms with Gasteiger partial charge in [0.2, 0.25) is 5.91 Å². The minimum absolute atomic E-state index is 0.0461. The predicted octanol–water partition coefficient (Wildman–Crippen LogP) is 3.22. The highest BCUT2D eigenvalue weighted by atomic mass is 16.2. The van der Waals surface area contributed by atoms with Crippen LogP contribution in [0.4, 0.5) is 5.69 Å².